The van der Waals surface area contributed by atoms with E-state index in [9.17, 15) is 9.59 Å². The highest BCUT2D eigenvalue weighted by atomic mass is 16.5. The zero-order chi connectivity index (χ0) is 13.4. The fourth-order valence-electron chi connectivity index (χ4n) is 1.68. The highest BCUT2D eigenvalue weighted by Gasteiger charge is 2.31. The number of ether oxygens (including phenoxy) is 2. The average Bonchev–Trinajstić information content (AvgIpc) is 2.39. The maximum atomic E-state index is 11.6. The van der Waals surface area contributed by atoms with E-state index in [1.54, 1.807) is 4.90 Å². The van der Waals surface area contributed by atoms with Crippen molar-refractivity contribution in [1.82, 2.24) is 10.2 Å². The van der Waals surface area contributed by atoms with Crippen LogP contribution in [0.2, 0.25) is 0 Å². The molecule has 100 valence electrons. The molecule has 0 aromatic carbocycles. The number of methoxy groups -OCH3 is 1. The third-order valence-electron chi connectivity index (χ3n) is 2.62. The molecular formula is C11H17N3O4. The summed E-state index contributed by atoms with van der Waals surface area (Å²) in [6, 6.07) is 1.40. The predicted molar refractivity (Wildman–Crippen MR) is 61.4 cm³/mol. The molecule has 7 heteroatoms. The number of morpholine rings is 1. The Bertz CT molecular complexity index is 340. The Morgan fingerprint density at radius 1 is 1.61 bits per heavy atom. The first-order valence-corrected chi connectivity index (χ1v) is 5.72. The molecule has 1 rings (SSSR count). The molecule has 1 aliphatic heterocycles. The minimum atomic E-state index is -0.537. The van der Waals surface area contributed by atoms with Gasteiger partial charge in [-0.2, -0.15) is 5.26 Å². The zero-order valence-corrected chi connectivity index (χ0v) is 10.3. The van der Waals surface area contributed by atoms with Crippen LogP contribution in [0.25, 0.3) is 0 Å². The fraction of sp³-hybridized carbons (Fsp3) is 0.727. The van der Waals surface area contributed by atoms with Crippen LogP contribution < -0.4 is 5.32 Å². The lowest BCUT2D eigenvalue weighted by atomic mass is 10.2. The Kier molecular flexibility index (Phi) is 6.11. The van der Waals surface area contributed by atoms with Crippen molar-refractivity contribution in [2.24, 2.45) is 0 Å². The fourth-order valence-corrected chi connectivity index (χ4v) is 1.68. The first kappa shape index (κ1) is 14.4. The number of amides is 1. The Morgan fingerprint density at radius 3 is 3.06 bits per heavy atom. The molecule has 0 saturated carbocycles. The molecule has 1 saturated heterocycles. The Labute approximate surface area is 106 Å². The second-order valence-electron chi connectivity index (χ2n) is 3.84. The van der Waals surface area contributed by atoms with E-state index in [4.69, 9.17) is 10.00 Å². The van der Waals surface area contributed by atoms with E-state index in [-0.39, 0.29) is 25.5 Å². The Hall–Kier alpha value is -1.65. The summed E-state index contributed by atoms with van der Waals surface area (Å²) in [5, 5.41) is 11.0. The zero-order valence-electron chi connectivity index (χ0n) is 10.3. The van der Waals surface area contributed by atoms with Crippen molar-refractivity contribution in [2.75, 3.05) is 40.0 Å². The van der Waals surface area contributed by atoms with Crippen molar-refractivity contribution < 1.29 is 19.1 Å². The summed E-state index contributed by atoms with van der Waals surface area (Å²) in [4.78, 5) is 24.8. The second kappa shape index (κ2) is 7.63. The third-order valence-corrected chi connectivity index (χ3v) is 2.62. The number of carbonyl (C=O) groups excluding carboxylic acids is 2. The van der Waals surface area contributed by atoms with Crippen LogP contribution in [0.4, 0.5) is 0 Å². The molecular weight excluding hydrogens is 238 g/mol. The number of hydrogen-bond donors (Lipinski definition) is 1. The molecule has 1 N–H and O–H groups in total. The van der Waals surface area contributed by atoms with Crippen molar-refractivity contribution in [3.63, 3.8) is 0 Å². The van der Waals surface area contributed by atoms with Crippen LogP contribution in [0.5, 0.6) is 0 Å². The first-order chi connectivity index (χ1) is 8.69. The number of hydrogen-bond acceptors (Lipinski definition) is 6. The molecule has 7 nitrogen and oxygen atoms in total. The van der Waals surface area contributed by atoms with Crippen molar-refractivity contribution in [1.29, 1.82) is 5.26 Å². The van der Waals surface area contributed by atoms with Crippen LogP contribution in [0.3, 0.4) is 0 Å². The first-order valence-electron chi connectivity index (χ1n) is 5.72. The Morgan fingerprint density at radius 2 is 2.39 bits per heavy atom. The van der Waals surface area contributed by atoms with Crippen molar-refractivity contribution in [3.8, 4) is 6.07 Å². The second-order valence-corrected chi connectivity index (χ2v) is 3.84. The van der Waals surface area contributed by atoms with E-state index < -0.39 is 12.0 Å². The summed E-state index contributed by atoms with van der Waals surface area (Å²) in [7, 11) is 1.31. The van der Waals surface area contributed by atoms with Crippen LogP contribution in [0, 0.1) is 11.3 Å². The average molecular weight is 255 g/mol. The lowest BCUT2D eigenvalue weighted by Crippen LogP contribution is -2.53. The molecule has 0 aromatic heterocycles. The van der Waals surface area contributed by atoms with Crippen molar-refractivity contribution >= 4 is 11.9 Å². The molecule has 0 aliphatic carbocycles. The van der Waals surface area contributed by atoms with Crippen molar-refractivity contribution in [3.05, 3.63) is 0 Å². The molecule has 1 amide bonds. The van der Waals surface area contributed by atoms with E-state index in [0.29, 0.717) is 19.7 Å². The van der Waals surface area contributed by atoms with Gasteiger partial charge in [0.1, 0.15) is 6.04 Å². The maximum absolute atomic E-state index is 11.6. The summed E-state index contributed by atoms with van der Waals surface area (Å²) in [5.74, 6) is -0.611. The van der Waals surface area contributed by atoms with Crippen molar-refractivity contribution in [2.45, 2.75) is 12.5 Å². The highest BCUT2D eigenvalue weighted by molar-refractivity contribution is 5.80. The molecule has 1 fully saturated rings. The summed E-state index contributed by atoms with van der Waals surface area (Å²) in [5.41, 5.74) is 0. The lowest BCUT2D eigenvalue weighted by molar-refractivity contribution is -0.154. The monoisotopic (exact) mass is 255 g/mol. The third kappa shape index (κ3) is 4.31. The Balaban J connectivity index is 2.44. The molecule has 0 bridgehead atoms. The number of nitrogens with one attached hydrogen (secondary N) is 1. The molecule has 0 spiro atoms. The van der Waals surface area contributed by atoms with Gasteiger partial charge in [-0.15, -0.1) is 0 Å². The van der Waals surface area contributed by atoms with E-state index in [1.165, 1.54) is 7.11 Å². The van der Waals surface area contributed by atoms with Gasteiger partial charge < -0.3 is 14.8 Å². The molecule has 18 heavy (non-hydrogen) atoms. The number of esters is 1. The van der Waals surface area contributed by atoms with Gasteiger partial charge in [-0.1, -0.05) is 0 Å². The summed E-state index contributed by atoms with van der Waals surface area (Å²) >= 11 is 0. The van der Waals surface area contributed by atoms with Crippen LogP contribution >= 0.6 is 0 Å². The lowest BCUT2D eigenvalue weighted by Gasteiger charge is -2.32. The normalized spacial score (nSPS) is 19.9. The number of nitriles is 1. The number of rotatable bonds is 5. The molecule has 1 aliphatic rings. The maximum Gasteiger partial charge on any atom is 0.325 e. The number of nitrogens with zero attached hydrogens (tertiary/aromatic N) is 2. The quantitative estimate of drug-likeness (QED) is 0.495. The highest BCUT2D eigenvalue weighted by Crippen LogP contribution is 2.07. The van der Waals surface area contributed by atoms with Gasteiger partial charge in [-0.05, 0) is 0 Å². The van der Waals surface area contributed by atoms with Gasteiger partial charge in [-0.3, -0.25) is 14.5 Å². The van der Waals surface area contributed by atoms with Gasteiger partial charge in [0.25, 0.3) is 0 Å². The molecule has 1 atom stereocenters. The van der Waals surface area contributed by atoms with Gasteiger partial charge in [0.15, 0.2) is 0 Å². The largest absolute Gasteiger partial charge is 0.468 e. The molecule has 1 heterocycles. The minimum absolute atomic E-state index is 0.106. The van der Waals surface area contributed by atoms with Gasteiger partial charge in [-0.25, -0.2) is 0 Å². The van der Waals surface area contributed by atoms with E-state index >= 15 is 0 Å². The number of carbonyl (C=O) groups is 2. The van der Waals surface area contributed by atoms with Crippen LogP contribution in [-0.4, -0.2) is 62.8 Å². The molecule has 0 radical (unpaired) electrons. The SMILES string of the molecule is COC(=O)C1COCCN1CC(=O)NCCC#N. The predicted octanol–water partition coefficient (Wildman–Crippen LogP) is -1.11. The topological polar surface area (TPSA) is 91.7 Å². The summed E-state index contributed by atoms with van der Waals surface area (Å²) < 4.78 is 9.86. The van der Waals surface area contributed by atoms with Gasteiger partial charge in [0.2, 0.25) is 5.91 Å². The van der Waals surface area contributed by atoms with E-state index in [2.05, 4.69) is 10.1 Å². The van der Waals surface area contributed by atoms with Crippen LogP contribution in [0.15, 0.2) is 0 Å². The summed E-state index contributed by atoms with van der Waals surface area (Å²) in [6.07, 6.45) is 0.273. The molecule has 1 unspecified atom stereocenters. The van der Waals surface area contributed by atoms with Crippen LogP contribution in [0.1, 0.15) is 6.42 Å². The van der Waals surface area contributed by atoms with Crippen LogP contribution in [-0.2, 0) is 19.1 Å². The molecule has 0 aromatic rings. The van der Waals surface area contributed by atoms with E-state index in [1.807, 2.05) is 6.07 Å². The van der Waals surface area contributed by atoms with E-state index in [0.717, 1.165) is 0 Å². The summed E-state index contributed by atoms with van der Waals surface area (Å²) in [6.45, 7) is 1.65. The smallest absolute Gasteiger partial charge is 0.325 e. The minimum Gasteiger partial charge on any atom is -0.468 e. The van der Waals surface area contributed by atoms with Gasteiger partial charge in [0.05, 0.1) is 39.4 Å². The standard InChI is InChI=1S/C11H17N3O4/c1-17-11(16)9-8-18-6-5-14(9)7-10(15)13-4-2-3-12/h9H,2,4-8H2,1H3,(H,13,15). The van der Waals surface area contributed by atoms with Gasteiger partial charge >= 0.3 is 5.97 Å². The van der Waals surface area contributed by atoms with Gasteiger partial charge in [0, 0.05) is 13.1 Å².